The maximum Gasteiger partial charge on any atom is 0.183 e. The van der Waals surface area contributed by atoms with Gasteiger partial charge in [0.1, 0.15) is 11.6 Å². The van der Waals surface area contributed by atoms with Crippen molar-refractivity contribution in [2.75, 3.05) is 5.32 Å². The fourth-order valence-electron chi connectivity index (χ4n) is 4.22. The number of hydrogen-bond acceptors (Lipinski definition) is 1. The topological polar surface area (TPSA) is 17.0 Å². The quantitative estimate of drug-likeness (QED) is 0.247. The van der Waals surface area contributed by atoms with E-state index in [4.69, 9.17) is 0 Å². The van der Waals surface area contributed by atoms with Crippen LogP contribution in [0.4, 0.5) is 37.7 Å². The summed E-state index contributed by atoms with van der Waals surface area (Å²) in [5, 5.41) is 2.78. The van der Waals surface area contributed by atoms with E-state index in [1.165, 1.54) is 42.5 Å². The van der Waals surface area contributed by atoms with Gasteiger partial charge in [0.2, 0.25) is 0 Å². The minimum Gasteiger partial charge on any atom is -0.350 e. The summed E-state index contributed by atoms with van der Waals surface area (Å²) in [6.07, 6.45) is 0. The van der Waals surface area contributed by atoms with Gasteiger partial charge in [-0.1, -0.05) is 12.1 Å². The molecule has 0 unspecified atom stereocenters. The molecule has 2 nitrogen and oxygen atoms in total. The van der Waals surface area contributed by atoms with Crippen molar-refractivity contribution in [2.24, 2.45) is 0 Å². The molecule has 5 rings (SSSR count). The van der Waals surface area contributed by atoms with Gasteiger partial charge in [0.05, 0.1) is 28.3 Å². The molecular weight excluding hydrogens is 478 g/mol. The number of rotatable bonds is 4. The Balaban J connectivity index is 1.84. The summed E-state index contributed by atoms with van der Waals surface area (Å²) in [6, 6.07) is 14.0. The average molecular weight is 496 g/mol. The smallest absolute Gasteiger partial charge is 0.183 e. The highest BCUT2D eigenvalue weighted by molar-refractivity contribution is 5.93. The monoisotopic (exact) mass is 496 g/mol. The van der Waals surface area contributed by atoms with Gasteiger partial charge in [-0.05, 0) is 79.6 Å². The molecule has 8 heteroatoms. The molecule has 0 spiro atoms. The lowest BCUT2D eigenvalue weighted by Gasteiger charge is -2.18. The van der Waals surface area contributed by atoms with Crippen LogP contribution in [0.2, 0.25) is 0 Å². The van der Waals surface area contributed by atoms with E-state index in [0.29, 0.717) is 11.1 Å². The molecule has 0 radical (unpaired) electrons. The first-order chi connectivity index (χ1) is 17.2. The van der Waals surface area contributed by atoms with Crippen LogP contribution in [0.3, 0.4) is 0 Å². The van der Waals surface area contributed by atoms with Crippen LogP contribution in [0.5, 0.6) is 0 Å². The van der Waals surface area contributed by atoms with Gasteiger partial charge in [-0.25, -0.2) is 26.3 Å². The SMILES string of the molecule is Cc1ccc(Nc2c(-c3cc4ccc(F)c(F)c4n3-c3ccc(C)cc3F)ccc(F)c2F)c(F)c1. The number of nitrogens with one attached hydrogen (secondary N) is 1. The molecule has 0 amide bonds. The van der Waals surface area contributed by atoms with Crippen molar-refractivity contribution in [2.45, 2.75) is 13.8 Å². The molecule has 1 N–H and O–H groups in total. The Morgan fingerprint density at radius 3 is 1.94 bits per heavy atom. The van der Waals surface area contributed by atoms with Gasteiger partial charge in [0.15, 0.2) is 23.3 Å². The number of aromatic nitrogens is 1. The minimum absolute atomic E-state index is 0.0233. The standard InChI is InChI=1S/C28H18F6N2/c1-14-3-9-22(20(31)11-14)35-27-17(6-8-18(29)25(27)33)24-13-16-5-7-19(30)26(34)28(16)36(24)23-10-4-15(2)12-21(23)32/h3-13,35H,1-2H3. The second-order valence-corrected chi connectivity index (χ2v) is 8.51. The third-order valence-corrected chi connectivity index (χ3v) is 5.96. The Labute approximate surface area is 202 Å². The van der Waals surface area contributed by atoms with Gasteiger partial charge in [0.25, 0.3) is 0 Å². The second kappa shape index (κ2) is 8.78. The van der Waals surface area contributed by atoms with Crippen LogP contribution >= 0.6 is 0 Å². The summed E-state index contributed by atoms with van der Waals surface area (Å²) in [6.45, 7) is 3.33. The Hall–Kier alpha value is -4.20. The highest BCUT2D eigenvalue weighted by atomic mass is 19.2. The zero-order valence-corrected chi connectivity index (χ0v) is 19.1. The summed E-state index contributed by atoms with van der Waals surface area (Å²) < 4.78 is 89.5. The van der Waals surface area contributed by atoms with E-state index in [-0.39, 0.29) is 33.5 Å². The first-order valence-electron chi connectivity index (χ1n) is 10.9. The lowest BCUT2D eigenvalue weighted by atomic mass is 10.1. The number of aryl methyl sites for hydroxylation is 2. The third-order valence-electron chi connectivity index (χ3n) is 5.96. The molecule has 0 fully saturated rings. The van der Waals surface area contributed by atoms with Crippen molar-refractivity contribution in [3.8, 4) is 16.9 Å². The maximum absolute atomic E-state index is 15.1. The number of benzene rings is 4. The van der Waals surface area contributed by atoms with Gasteiger partial charge >= 0.3 is 0 Å². The van der Waals surface area contributed by atoms with E-state index in [9.17, 15) is 13.2 Å². The molecule has 0 saturated carbocycles. The molecule has 5 aromatic rings. The molecule has 4 aromatic carbocycles. The van der Waals surface area contributed by atoms with Crippen LogP contribution in [0.15, 0.2) is 66.7 Å². The van der Waals surface area contributed by atoms with Crippen LogP contribution in [0.1, 0.15) is 11.1 Å². The second-order valence-electron chi connectivity index (χ2n) is 8.51. The third kappa shape index (κ3) is 3.88. The Morgan fingerprint density at radius 1 is 0.611 bits per heavy atom. The summed E-state index contributed by atoms with van der Waals surface area (Å²) in [5.74, 6) is -6.37. The number of fused-ring (bicyclic) bond motifs is 1. The largest absolute Gasteiger partial charge is 0.350 e. The van der Waals surface area contributed by atoms with Gasteiger partial charge in [-0.3, -0.25) is 0 Å². The van der Waals surface area contributed by atoms with Gasteiger partial charge in [-0.2, -0.15) is 0 Å². The number of anilines is 2. The lowest BCUT2D eigenvalue weighted by molar-refractivity contribution is 0.511. The maximum atomic E-state index is 15.1. The highest BCUT2D eigenvalue weighted by Gasteiger charge is 2.24. The predicted molar refractivity (Wildman–Crippen MR) is 128 cm³/mol. The van der Waals surface area contributed by atoms with Crippen molar-refractivity contribution in [3.05, 3.63) is 113 Å². The normalized spacial score (nSPS) is 11.3. The van der Waals surface area contributed by atoms with Gasteiger partial charge < -0.3 is 9.88 Å². The molecule has 36 heavy (non-hydrogen) atoms. The van der Waals surface area contributed by atoms with E-state index < -0.39 is 40.6 Å². The molecule has 0 saturated heterocycles. The summed E-state index contributed by atoms with van der Waals surface area (Å²) in [4.78, 5) is 0. The number of hydrogen-bond donors (Lipinski definition) is 1. The van der Waals surface area contributed by atoms with E-state index in [1.54, 1.807) is 26.0 Å². The Bertz CT molecular complexity index is 1650. The molecular formula is C28H18F6N2. The van der Waals surface area contributed by atoms with E-state index in [2.05, 4.69) is 5.32 Å². The molecule has 1 aromatic heterocycles. The molecule has 0 aliphatic rings. The summed E-state index contributed by atoms with van der Waals surface area (Å²) in [5.41, 5.74) is 0.215. The zero-order valence-electron chi connectivity index (χ0n) is 19.1. The molecule has 1 heterocycles. The fraction of sp³-hybridized carbons (Fsp3) is 0.0714. The van der Waals surface area contributed by atoms with Crippen LogP contribution in [0.25, 0.3) is 27.8 Å². The average Bonchev–Trinajstić information content (AvgIpc) is 3.21. The van der Waals surface area contributed by atoms with Crippen molar-refractivity contribution in [3.63, 3.8) is 0 Å². The van der Waals surface area contributed by atoms with Gasteiger partial charge in [-0.15, -0.1) is 0 Å². The summed E-state index contributed by atoms with van der Waals surface area (Å²) >= 11 is 0. The predicted octanol–water partition coefficient (Wildman–Crippen LogP) is 8.49. The lowest BCUT2D eigenvalue weighted by Crippen LogP contribution is -2.06. The fourth-order valence-corrected chi connectivity index (χ4v) is 4.22. The minimum atomic E-state index is -1.32. The molecule has 0 bridgehead atoms. The first-order valence-corrected chi connectivity index (χ1v) is 10.9. The van der Waals surface area contributed by atoms with E-state index in [0.717, 1.165) is 16.7 Å². The zero-order chi connectivity index (χ0) is 25.7. The first kappa shape index (κ1) is 23.5. The molecule has 0 aliphatic heterocycles. The van der Waals surface area contributed by atoms with Crippen molar-refractivity contribution >= 4 is 22.3 Å². The molecule has 0 aliphatic carbocycles. The molecule has 0 atom stereocenters. The van der Waals surface area contributed by atoms with Crippen LogP contribution in [-0.2, 0) is 0 Å². The van der Waals surface area contributed by atoms with Crippen molar-refractivity contribution in [1.82, 2.24) is 4.57 Å². The van der Waals surface area contributed by atoms with E-state index in [1.807, 2.05) is 0 Å². The Morgan fingerprint density at radius 2 is 1.25 bits per heavy atom. The number of halogens is 6. The van der Waals surface area contributed by atoms with Crippen LogP contribution in [0, 0.1) is 48.8 Å². The Kier molecular flexibility index (Phi) is 5.74. The van der Waals surface area contributed by atoms with E-state index >= 15 is 13.2 Å². The molecule has 182 valence electrons. The summed E-state index contributed by atoms with van der Waals surface area (Å²) in [7, 11) is 0. The highest BCUT2D eigenvalue weighted by Crippen LogP contribution is 2.40. The van der Waals surface area contributed by atoms with Crippen LogP contribution < -0.4 is 5.32 Å². The van der Waals surface area contributed by atoms with Crippen molar-refractivity contribution in [1.29, 1.82) is 0 Å². The number of nitrogens with zero attached hydrogens (tertiary/aromatic N) is 1. The van der Waals surface area contributed by atoms with Crippen molar-refractivity contribution < 1.29 is 26.3 Å². The van der Waals surface area contributed by atoms with Crippen LogP contribution in [-0.4, -0.2) is 4.57 Å². The van der Waals surface area contributed by atoms with Gasteiger partial charge in [0, 0.05) is 10.9 Å².